The average Bonchev–Trinajstić information content (AvgIpc) is 2.30. The van der Waals surface area contributed by atoms with Crippen molar-refractivity contribution in [2.24, 2.45) is 5.73 Å². The Balaban J connectivity index is 2.47. The van der Waals surface area contributed by atoms with Gasteiger partial charge in [0.15, 0.2) is 0 Å². The Labute approximate surface area is 123 Å². The molecule has 0 radical (unpaired) electrons. The predicted molar refractivity (Wildman–Crippen MR) is 76.6 cm³/mol. The molecule has 0 spiro atoms. The molecule has 0 fully saturated rings. The topological polar surface area (TPSA) is 26.0 Å². The first-order valence-electron chi connectivity index (χ1n) is 5.14. The second kappa shape index (κ2) is 5.57. The second-order valence-corrected chi connectivity index (χ2v) is 5.61. The molecule has 0 aliphatic rings. The van der Waals surface area contributed by atoms with E-state index >= 15 is 0 Å². The van der Waals surface area contributed by atoms with Gasteiger partial charge in [-0.15, -0.1) is 0 Å². The lowest BCUT2D eigenvalue weighted by Crippen LogP contribution is -2.12. The van der Waals surface area contributed by atoms with Gasteiger partial charge in [0.1, 0.15) is 5.82 Å². The van der Waals surface area contributed by atoms with E-state index in [0.717, 1.165) is 0 Å². The van der Waals surface area contributed by atoms with Crippen LogP contribution in [0.2, 0.25) is 10.0 Å². The lowest BCUT2D eigenvalue weighted by molar-refractivity contribution is 0.622. The maximum atomic E-state index is 13.3. The van der Waals surface area contributed by atoms with Crippen molar-refractivity contribution in [3.8, 4) is 0 Å². The van der Waals surface area contributed by atoms with E-state index < -0.39 is 6.04 Å². The molecule has 1 unspecified atom stereocenters. The minimum Gasteiger partial charge on any atom is -0.320 e. The zero-order valence-corrected chi connectivity index (χ0v) is 12.2. The molecule has 2 N–H and O–H groups in total. The lowest BCUT2D eigenvalue weighted by atomic mass is 9.99. The average molecular weight is 349 g/mol. The maximum Gasteiger partial charge on any atom is 0.124 e. The number of benzene rings is 2. The quantitative estimate of drug-likeness (QED) is 0.816. The summed E-state index contributed by atoms with van der Waals surface area (Å²) in [6, 6.07) is 9.03. The third kappa shape index (κ3) is 3.04. The fourth-order valence-corrected chi connectivity index (χ4v) is 2.59. The van der Waals surface area contributed by atoms with Gasteiger partial charge in [0.05, 0.1) is 6.04 Å². The van der Waals surface area contributed by atoms with Crippen LogP contribution in [0.15, 0.2) is 40.9 Å². The number of halogens is 4. The summed E-state index contributed by atoms with van der Waals surface area (Å²) in [6.07, 6.45) is 0. The summed E-state index contributed by atoms with van der Waals surface area (Å²) >= 11 is 15.2. The van der Waals surface area contributed by atoms with Gasteiger partial charge in [-0.3, -0.25) is 0 Å². The van der Waals surface area contributed by atoms with E-state index in [1.807, 2.05) is 0 Å². The molecular weight excluding hydrogens is 340 g/mol. The van der Waals surface area contributed by atoms with Crippen LogP contribution in [0.3, 0.4) is 0 Å². The summed E-state index contributed by atoms with van der Waals surface area (Å²) in [4.78, 5) is 0. The van der Waals surface area contributed by atoms with Crippen molar-refractivity contribution in [1.82, 2.24) is 0 Å². The molecule has 2 aromatic carbocycles. The van der Waals surface area contributed by atoms with Crippen LogP contribution in [-0.2, 0) is 0 Å². The molecule has 0 aromatic heterocycles. The van der Waals surface area contributed by atoms with E-state index in [4.69, 9.17) is 28.9 Å². The molecule has 1 nitrogen and oxygen atoms in total. The monoisotopic (exact) mass is 347 g/mol. The SMILES string of the molecule is NC(c1cc(F)cc(Br)c1)c1cc(Cl)ccc1Cl. The highest BCUT2D eigenvalue weighted by Crippen LogP contribution is 2.30. The fourth-order valence-electron chi connectivity index (χ4n) is 1.69. The van der Waals surface area contributed by atoms with Crippen molar-refractivity contribution >= 4 is 39.1 Å². The van der Waals surface area contributed by atoms with E-state index in [0.29, 0.717) is 25.6 Å². The third-order valence-electron chi connectivity index (χ3n) is 2.54. The van der Waals surface area contributed by atoms with Crippen molar-refractivity contribution in [1.29, 1.82) is 0 Å². The van der Waals surface area contributed by atoms with E-state index in [-0.39, 0.29) is 5.82 Å². The standard InChI is InChI=1S/C13H9BrCl2FN/c14-8-3-7(4-10(17)5-8)13(18)11-6-9(15)1-2-12(11)16/h1-6,13H,18H2. The maximum absolute atomic E-state index is 13.3. The lowest BCUT2D eigenvalue weighted by Gasteiger charge is -2.15. The van der Waals surface area contributed by atoms with Gasteiger partial charge in [-0.25, -0.2) is 4.39 Å². The van der Waals surface area contributed by atoms with E-state index in [2.05, 4.69) is 15.9 Å². The Morgan fingerprint density at radius 1 is 1.11 bits per heavy atom. The van der Waals surface area contributed by atoms with Crippen LogP contribution in [0, 0.1) is 5.82 Å². The summed E-state index contributed by atoms with van der Waals surface area (Å²) in [5.41, 5.74) is 7.39. The van der Waals surface area contributed by atoms with Gasteiger partial charge < -0.3 is 5.73 Å². The van der Waals surface area contributed by atoms with Crippen LogP contribution >= 0.6 is 39.1 Å². The van der Waals surface area contributed by atoms with Gasteiger partial charge in [0.2, 0.25) is 0 Å². The molecular formula is C13H9BrCl2FN. The number of hydrogen-bond donors (Lipinski definition) is 1. The molecule has 2 rings (SSSR count). The van der Waals surface area contributed by atoms with Crippen LogP contribution in [0.1, 0.15) is 17.2 Å². The van der Waals surface area contributed by atoms with Crippen molar-refractivity contribution in [2.45, 2.75) is 6.04 Å². The van der Waals surface area contributed by atoms with Crippen LogP contribution in [0.4, 0.5) is 4.39 Å². The minimum atomic E-state index is -0.525. The van der Waals surface area contributed by atoms with Gasteiger partial charge in [-0.1, -0.05) is 39.1 Å². The van der Waals surface area contributed by atoms with E-state index in [1.165, 1.54) is 12.1 Å². The Morgan fingerprint density at radius 3 is 2.50 bits per heavy atom. The Hall–Kier alpha value is -0.610. The molecule has 94 valence electrons. The minimum absolute atomic E-state index is 0.354. The van der Waals surface area contributed by atoms with Gasteiger partial charge >= 0.3 is 0 Å². The molecule has 18 heavy (non-hydrogen) atoms. The zero-order valence-electron chi connectivity index (χ0n) is 9.13. The molecule has 0 heterocycles. The highest BCUT2D eigenvalue weighted by molar-refractivity contribution is 9.10. The van der Waals surface area contributed by atoms with Crippen LogP contribution in [0.25, 0.3) is 0 Å². The van der Waals surface area contributed by atoms with Crippen molar-refractivity contribution in [3.63, 3.8) is 0 Å². The predicted octanol–water partition coefficient (Wildman–Crippen LogP) is 4.94. The van der Waals surface area contributed by atoms with Gasteiger partial charge in [-0.2, -0.15) is 0 Å². The van der Waals surface area contributed by atoms with Crippen LogP contribution in [0.5, 0.6) is 0 Å². The summed E-state index contributed by atoms with van der Waals surface area (Å²) in [5.74, 6) is -0.354. The zero-order chi connectivity index (χ0) is 13.3. The van der Waals surface area contributed by atoms with Gasteiger partial charge in [0, 0.05) is 14.5 Å². The largest absolute Gasteiger partial charge is 0.320 e. The second-order valence-electron chi connectivity index (χ2n) is 3.85. The number of rotatable bonds is 2. The highest BCUT2D eigenvalue weighted by Gasteiger charge is 2.14. The Morgan fingerprint density at radius 2 is 1.83 bits per heavy atom. The van der Waals surface area contributed by atoms with Crippen molar-refractivity contribution in [3.05, 3.63) is 67.9 Å². The molecule has 0 saturated carbocycles. The van der Waals surface area contributed by atoms with Crippen molar-refractivity contribution < 1.29 is 4.39 Å². The first-order valence-corrected chi connectivity index (χ1v) is 6.69. The first-order chi connectivity index (χ1) is 8.47. The summed E-state index contributed by atoms with van der Waals surface area (Å²) in [6.45, 7) is 0. The van der Waals surface area contributed by atoms with Gasteiger partial charge in [-0.05, 0) is 47.5 Å². The first kappa shape index (κ1) is 13.8. The molecule has 1 atom stereocenters. The summed E-state index contributed by atoms with van der Waals surface area (Å²) in [7, 11) is 0. The van der Waals surface area contributed by atoms with E-state index in [1.54, 1.807) is 24.3 Å². The van der Waals surface area contributed by atoms with Crippen molar-refractivity contribution in [2.75, 3.05) is 0 Å². The van der Waals surface area contributed by atoms with E-state index in [9.17, 15) is 4.39 Å². The fraction of sp³-hybridized carbons (Fsp3) is 0.0769. The van der Waals surface area contributed by atoms with Crippen LogP contribution < -0.4 is 5.73 Å². The third-order valence-corrected chi connectivity index (χ3v) is 3.57. The van der Waals surface area contributed by atoms with Gasteiger partial charge in [0.25, 0.3) is 0 Å². The molecule has 0 saturated heterocycles. The molecule has 0 amide bonds. The smallest absolute Gasteiger partial charge is 0.124 e. The Bertz CT molecular complexity index is 569. The van der Waals surface area contributed by atoms with Crippen LogP contribution in [-0.4, -0.2) is 0 Å². The Kier molecular flexibility index (Phi) is 4.28. The molecule has 0 bridgehead atoms. The highest BCUT2D eigenvalue weighted by atomic mass is 79.9. The molecule has 5 heteroatoms. The number of hydrogen-bond acceptors (Lipinski definition) is 1. The molecule has 0 aliphatic carbocycles. The number of nitrogens with two attached hydrogens (primary N) is 1. The molecule has 0 aliphatic heterocycles. The summed E-state index contributed by atoms with van der Waals surface area (Å²) in [5, 5.41) is 1.05. The normalized spacial score (nSPS) is 12.5. The summed E-state index contributed by atoms with van der Waals surface area (Å²) < 4.78 is 14.0. The molecule has 2 aromatic rings.